The molecule has 1 aliphatic rings. The van der Waals surface area contributed by atoms with E-state index in [2.05, 4.69) is 12.2 Å². The second-order valence-electron chi connectivity index (χ2n) is 5.79. The SMILES string of the molecule is Cc1c(NCC2CCC(C)CC2)cccc1C(=O)O. The molecule has 1 aromatic carbocycles. The van der Waals surface area contributed by atoms with Crippen molar-refractivity contribution in [2.45, 2.75) is 39.5 Å². The summed E-state index contributed by atoms with van der Waals surface area (Å²) in [5.41, 5.74) is 2.18. The molecule has 3 nitrogen and oxygen atoms in total. The van der Waals surface area contributed by atoms with Crippen molar-refractivity contribution in [3.05, 3.63) is 29.3 Å². The zero-order chi connectivity index (χ0) is 13.8. The van der Waals surface area contributed by atoms with Gasteiger partial charge in [0.05, 0.1) is 5.56 Å². The fraction of sp³-hybridized carbons (Fsp3) is 0.562. The molecule has 0 bridgehead atoms. The van der Waals surface area contributed by atoms with Crippen LogP contribution < -0.4 is 5.32 Å². The fourth-order valence-corrected chi connectivity index (χ4v) is 2.85. The molecule has 0 aromatic heterocycles. The summed E-state index contributed by atoms with van der Waals surface area (Å²) in [7, 11) is 0. The van der Waals surface area contributed by atoms with Crippen LogP contribution in [0.3, 0.4) is 0 Å². The molecule has 19 heavy (non-hydrogen) atoms. The summed E-state index contributed by atoms with van der Waals surface area (Å²) in [4.78, 5) is 11.1. The molecule has 0 spiro atoms. The van der Waals surface area contributed by atoms with Crippen LogP contribution in [0.25, 0.3) is 0 Å². The third-order valence-corrected chi connectivity index (χ3v) is 4.28. The molecule has 0 unspecified atom stereocenters. The Balaban J connectivity index is 1.96. The molecule has 0 aliphatic heterocycles. The summed E-state index contributed by atoms with van der Waals surface area (Å²) in [6, 6.07) is 5.43. The lowest BCUT2D eigenvalue weighted by Gasteiger charge is -2.27. The number of nitrogens with one attached hydrogen (secondary N) is 1. The highest BCUT2D eigenvalue weighted by Crippen LogP contribution is 2.29. The number of carboxylic acids is 1. The van der Waals surface area contributed by atoms with Gasteiger partial charge in [0, 0.05) is 12.2 Å². The lowest BCUT2D eigenvalue weighted by atomic mass is 9.83. The van der Waals surface area contributed by atoms with Crippen molar-refractivity contribution >= 4 is 11.7 Å². The van der Waals surface area contributed by atoms with Crippen LogP contribution >= 0.6 is 0 Å². The van der Waals surface area contributed by atoms with Gasteiger partial charge >= 0.3 is 5.97 Å². The van der Waals surface area contributed by atoms with Gasteiger partial charge in [-0.15, -0.1) is 0 Å². The molecule has 2 rings (SSSR count). The average molecular weight is 261 g/mol. The first-order chi connectivity index (χ1) is 9.08. The van der Waals surface area contributed by atoms with Crippen LogP contribution in [0, 0.1) is 18.8 Å². The maximum Gasteiger partial charge on any atom is 0.336 e. The molecule has 1 aliphatic carbocycles. The minimum atomic E-state index is -0.854. The van der Waals surface area contributed by atoms with Crippen molar-refractivity contribution in [1.82, 2.24) is 0 Å². The number of carbonyl (C=O) groups is 1. The van der Waals surface area contributed by atoms with Crippen LogP contribution in [0.15, 0.2) is 18.2 Å². The number of benzene rings is 1. The highest BCUT2D eigenvalue weighted by molar-refractivity contribution is 5.91. The van der Waals surface area contributed by atoms with Crippen molar-refractivity contribution in [2.24, 2.45) is 11.8 Å². The standard InChI is InChI=1S/C16H23NO2/c1-11-6-8-13(9-7-11)10-17-15-5-3-4-14(12(15)2)16(18)19/h3-5,11,13,17H,6-10H2,1-2H3,(H,18,19). The number of rotatable bonds is 4. The van der Waals surface area contributed by atoms with Gasteiger partial charge in [0.2, 0.25) is 0 Å². The minimum absolute atomic E-state index is 0.391. The molecule has 0 amide bonds. The Morgan fingerprint density at radius 3 is 2.63 bits per heavy atom. The molecule has 1 saturated carbocycles. The summed E-state index contributed by atoms with van der Waals surface area (Å²) in [6.45, 7) is 5.15. The second kappa shape index (κ2) is 6.09. The van der Waals surface area contributed by atoms with Gasteiger partial charge in [-0.25, -0.2) is 4.79 Å². The molecule has 1 fully saturated rings. The van der Waals surface area contributed by atoms with Crippen LogP contribution in [0.5, 0.6) is 0 Å². The van der Waals surface area contributed by atoms with Gasteiger partial charge in [-0.2, -0.15) is 0 Å². The van der Waals surface area contributed by atoms with Crippen molar-refractivity contribution < 1.29 is 9.90 Å². The van der Waals surface area contributed by atoms with E-state index in [1.807, 2.05) is 19.1 Å². The summed E-state index contributed by atoms with van der Waals surface area (Å²) < 4.78 is 0. The van der Waals surface area contributed by atoms with E-state index in [0.29, 0.717) is 5.56 Å². The number of hydrogen-bond acceptors (Lipinski definition) is 2. The van der Waals surface area contributed by atoms with Crippen molar-refractivity contribution in [3.63, 3.8) is 0 Å². The Kier molecular flexibility index (Phi) is 4.46. The monoisotopic (exact) mass is 261 g/mol. The Bertz CT molecular complexity index is 448. The van der Waals surface area contributed by atoms with Crippen LogP contribution in [-0.2, 0) is 0 Å². The fourth-order valence-electron chi connectivity index (χ4n) is 2.85. The highest BCUT2D eigenvalue weighted by atomic mass is 16.4. The second-order valence-corrected chi connectivity index (χ2v) is 5.79. The first-order valence-electron chi connectivity index (χ1n) is 7.14. The van der Waals surface area contributed by atoms with E-state index in [4.69, 9.17) is 5.11 Å². The van der Waals surface area contributed by atoms with Crippen LogP contribution in [0.2, 0.25) is 0 Å². The van der Waals surface area contributed by atoms with Crippen molar-refractivity contribution in [1.29, 1.82) is 0 Å². The molecule has 0 radical (unpaired) electrons. The third-order valence-electron chi connectivity index (χ3n) is 4.28. The first-order valence-corrected chi connectivity index (χ1v) is 7.14. The van der Waals surface area contributed by atoms with E-state index in [-0.39, 0.29) is 0 Å². The molecular formula is C16H23NO2. The quantitative estimate of drug-likeness (QED) is 0.863. The Labute approximate surface area is 115 Å². The van der Waals surface area contributed by atoms with Crippen LogP contribution in [-0.4, -0.2) is 17.6 Å². The van der Waals surface area contributed by atoms with E-state index in [0.717, 1.165) is 29.6 Å². The number of anilines is 1. The van der Waals surface area contributed by atoms with E-state index in [1.54, 1.807) is 6.07 Å². The lowest BCUT2D eigenvalue weighted by molar-refractivity contribution is 0.0696. The van der Waals surface area contributed by atoms with E-state index >= 15 is 0 Å². The summed E-state index contributed by atoms with van der Waals surface area (Å²) >= 11 is 0. The van der Waals surface area contributed by atoms with E-state index in [9.17, 15) is 4.79 Å². The average Bonchev–Trinajstić information content (AvgIpc) is 2.39. The lowest BCUT2D eigenvalue weighted by Crippen LogP contribution is -2.20. The Morgan fingerprint density at radius 1 is 1.32 bits per heavy atom. The minimum Gasteiger partial charge on any atom is -0.478 e. The molecule has 0 saturated heterocycles. The summed E-state index contributed by atoms with van der Waals surface area (Å²) in [5.74, 6) is 0.741. The van der Waals surface area contributed by atoms with E-state index in [1.165, 1.54) is 25.7 Å². The molecule has 104 valence electrons. The maximum atomic E-state index is 11.1. The zero-order valence-electron chi connectivity index (χ0n) is 11.8. The molecule has 2 N–H and O–H groups in total. The molecule has 0 atom stereocenters. The summed E-state index contributed by atoms with van der Waals surface area (Å²) in [6.07, 6.45) is 5.21. The van der Waals surface area contributed by atoms with Crippen molar-refractivity contribution in [2.75, 3.05) is 11.9 Å². The zero-order valence-corrected chi connectivity index (χ0v) is 11.8. The van der Waals surface area contributed by atoms with Crippen LogP contribution in [0.4, 0.5) is 5.69 Å². The molecule has 1 aromatic rings. The first kappa shape index (κ1) is 13.9. The van der Waals surface area contributed by atoms with Gasteiger partial charge in [-0.05, 0) is 49.3 Å². The number of hydrogen-bond donors (Lipinski definition) is 2. The normalized spacial score (nSPS) is 23.1. The number of aromatic carboxylic acids is 1. The van der Waals surface area contributed by atoms with Gasteiger partial charge in [0.15, 0.2) is 0 Å². The van der Waals surface area contributed by atoms with Gasteiger partial charge < -0.3 is 10.4 Å². The van der Waals surface area contributed by atoms with Gasteiger partial charge in [-0.3, -0.25) is 0 Å². The molecule has 0 heterocycles. The van der Waals surface area contributed by atoms with Gasteiger partial charge in [0.1, 0.15) is 0 Å². The summed E-state index contributed by atoms with van der Waals surface area (Å²) in [5, 5.41) is 12.5. The Hall–Kier alpha value is -1.51. The molecule has 3 heteroatoms. The van der Waals surface area contributed by atoms with Gasteiger partial charge in [0.25, 0.3) is 0 Å². The van der Waals surface area contributed by atoms with Crippen LogP contribution in [0.1, 0.15) is 48.5 Å². The largest absolute Gasteiger partial charge is 0.478 e. The van der Waals surface area contributed by atoms with Crippen molar-refractivity contribution in [3.8, 4) is 0 Å². The van der Waals surface area contributed by atoms with Gasteiger partial charge in [-0.1, -0.05) is 25.8 Å². The maximum absolute atomic E-state index is 11.1. The topological polar surface area (TPSA) is 49.3 Å². The highest BCUT2D eigenvalue weighted by Gasteiger charge is 2.18. The Morgan fingerprint density at radius 2 is 2.00 bits per heavy atom. The smallest absolute Gasteiger partial charge is 0.336 e. The third kappa shape index (κ3) is 3.49. The molecular weight excluding hydrogens is 238 g/mol. The van der Waals surface area contributed by atoms with E-state index < -0.39 is 5.97 Å². The predicted octanol–water partition coefficient (Wildman–Crippen LogP) is 3.93. The predicted molar refractivity (Wildman–Crippen MR) is 77.8 cm³/mol. The number of carboxylic acid groups (broad SMARTS) is 1.